The van der Waals surface area contributed by atoms with Crippen LogP contribution in [0, 0.1) is 0 Å². The molecule has 0 atom stereocenters. The third kappa shape index (κ3) is 7.42. The number of amides is 1. The van der Waals surface area contributed by atoms with Crippen molar-refractivity contribution in [1.29, 1.82) is 0 Å². The summed E-state index contributed by atoms with van der Waals surface area (Å²) in [6.45, 7) is 3.62. The zero-order valence-electron chi connectivity index (χ0n) is 8.99. The average Bonchev–Trinajstić information content (AvgIpc) is 2.21. The van der Waals surface area contributed by atoms with Gasteiger partial charge in [0.15, 0.2) is 0 Å². The van der Waals surface area contributed by atoms with Crippen molar-refractivity contribution in [2.24, 2.45) is 4.99 Å². The summed E-state index contributed by atoms with van der Waals surface area (Å²) in [4.78, 5) is 25.3. The number of hydrogen-bond acceptors (Lipinski definition) is 3. The molecule has 84 valence electrons. The summed E-state index contributed by atoms with van der Waals surface area (Å²) in [6.07, 6.45) is 3.91. The minimum absolute atomic E-state index is 0.152. The zero-order valence-corrected chi connectivity index (χ0v) is 8.99. The van der Waals surface area contributed by atoms with Crippen molar-refractivity contribution in [3.63, 3.8) is 0 Å². The molecule has 15 heavy (non-hydrogen) atoms. The normalized spacial score (nSPS) is 11.7. The van der Waals surface area contributed by atoms with E-state index in [-0.39, 0.29) is 12.3 Å². The van der Waals surface area contributed by atoms with Gasteiger partial charge in [-0.05, 0) is 12.5 Å². The zero-order chi connectivity index (χ0) is 11.7. The van der Waals surface area contributed by atoms with Crippen LogP contribution in [0.25, 0.3) is 0 Å². The van der Waals surface area contributed by atoms with E-state index < -0.39 is 5.97 Å². The lowest BCUT2D eigenvalue weighted by Gasteiger charge is -2.02. The molecule has 0 aliphatic rings. The molecule has 0 aromatic heterocycles. The first-order valence-electron chi connectivity index (χ1n) is 4.84. The molecule has 0 aliphatic heterocycles. The Hall–Kier alpha value is -1.65. The van der Waals surface area contributed by atoms with E-state index in [1.807, 2.05) is 6.92 Å². The van der Waals surface area contributed by atoms with Crippen LogP contribution in [0.2, 0.25) is 0 Å². The molecule has 0 saturated heterocycles. The highest BCUT2D eigenvalue weighted by Gasteiger charge is 2.01. The average molecular weight is 212 g/mol. The third-order valence-corrected chi connectivity index (χ3v) is 1.47. The standard InChI is InChI=1S/C10H16N2O3/c1-3-7-11-8(5-6-10(14)15)12-9(13)4-2/h5,7H,3-4,6H2,1-2H3,(H,12,13)(H,14,15)/b8-5+,11-7?. The molecule has 0 unspecified atom stereocenters. The van der Waals surface area contributed by atoms with Gasteiger partial charge in [-0.2, -0.15) is 0 Å². The largest absolute Gasteiger partial charge is 0.481 e. The fourth-order valence-electron chi connectivity index (χ4n) is 0.741. The van der Waals surface area contributed by atoms with Gasteiger partial charge in [-0.1, -0.05) is 13.8 Å². The molecule has 0 heterocycles. The molecule has 0 bridgehead atoms. The second-order valence-corrected chi connectivity index (χ2v) is 2.81. The first-order chi connectivity index (χ1) is 7.10. The predicted octanol–water partition coefficient (Wildman–Crippen LogP) is 1.31. The van der Waals surface area contributed by atoms with Crippen LogP contribution in [0.1, 0.15) is 33.1 Å². The monoisotopic (exact) mass is 212 g/mol. The van der Waals surface area contributed by atoms with E-state index in [2.05, 4.69) is 10.3 Å². The van der Waals surface area contributed by atoms with Crippen LogP contribution in [0.5, 0.6) is 0 Å². The minimum Gasteiger partial charge on any atom is -0.481 e. The van der Waals surface area contributed by atoms with E-state index in [9.17, 15) is 9.59 Å². The smallest absolute Gasteiger partial charge is 0.307 e. The number of carboxylic acids is 1. The molecule has 0 rings (SSSR count). The van der Waals surface area contributed by atoms with Crippen molar-refractivity contribution in [2.45, 2.75) is 33.1 Å². The first kappa shape index (κ1) is 13.4. The van der Waals surface area contributed by atoms with Crippen LogP contribution in [0.15, 0.2) is 16.9 Å². The molecular formula is C10H16N2O3. The molecule has 0 fully saturated rings. The van der Waals surface area contributed by atoms with Crippen molar-refractivity contribution in [1.82, 2.24) is 5.32 Å². The SMILES string of the molecule is CCC=N/C(=C\CC(=O)O)NC(=O)CC. The molecule has 0 spiro atoms. The molecular weight excluding hydrogens is 196 g/mol. The van der Waals surface area contributed by atoms with Gasteiger partial charge in [0.25, 0.3) is 0 Å². The maximum atomic E-state index is 11.1. The molecule has 0 radical (unpaired) electrons. The summed E-state index contributed by atoms with van der Waals surface area (Å²) in [5.41, 5.74) is 0. The van der Waals surface area contributed by atoms with E-state index >= 15 is 0 Å². The van der Waals surface area contributed by atoms with Crippen LogP contribution in [-0.2, 0) is 9.59 Å². The second kappa shape index (κ2) is 7.73. The molecule has 1 amide bonds. The molecule has 0 saturated carbocycles. The topological polar surface area (TPSA) is 78.8 Å². The molecule has 2 N–H and O–H groups in total. The molecule has 0 aliphatic carbocycles. The Balaban J connectivity index is 4.42. The number of hydrogen-bond donors (Lipinski definition) is 2. The molecule has 5 nitrogen and oxygen atoms in total. The Morgan fingerprint density at radius 1 is 1.40 bits per heavy atom. The van der Waals surface area contributed by atoms with Gasteiger partial charge in [-0.25, -0.2) is 4.99 Å². The van der Waals surface area contributed by atoms with Crippen molar-refractivity contribution >= 4 is 18.1 Å². The Kier molecular flexibility index (Phi) is 6.88. The summed E-state index contributed by atoms with van der Waals surface area (Å²) in [7, 11) is 0. The van der Waals surface area contributed by atoms with Crippen molar-refractivity contribution in [2.75, 3.05) is 0 Å². The third-order valence-electron chi connectivity index (χ3n) is 1.47. The minimum atomic E-state index is -0.954. The number of aliphatic imine (C=N–C) groups is 1. The highest BCUT2D eigenvalue weighted by atomic mass is 16.4. The summed E-state index contributed by atoms with van der Waals surface area (Å²) in [5.74, 6) is -0.837. The van der Waals surface area contributed by atoms with E-state index in [1.54, 1.807) is 13.1 Å². The molecule has 0 aromatic rings. The van der Waals surface area contributed by atoms with Gasteiger partial charge in [0.1, 0.15) is 5.82 Å². The Labute approximate surface area is 88.9 Å². The number of nitrogens with zero attached hydrogens (tertiary/aromatic N) is 1. The maximum absolute atomic E-state index is 11.1. The van der Waals surface area contributed by atoms with Crippen molar-refractivity contribution < 1.29 is 14.7 Å². The summed E-state index contributed by atoms with van der Waals surface area (Å²) in [6, 6.07) is 0. The van der Waals surface area contributed by atoms with Crippen LogP contribution >= 0.6 is 0 Å². The maximum Gasteiger partial charge on any atom is 0.307 e. The lowest BCUT2D eigenvalue weighted by molar-refractivity contribution is -0.136. The Morgan fingerprint density at radius 3 is 2.53 bits per heavy atom. The lowest BCUT2D eigenvalue weighted by Crippen LogP contribution is -2.20. The first-order valence-corrected chi connectivity index (χ1v) is 4.84. The fraction of sp³-hybridized carbons (Fsp3) is 0.500. The summed E-state index contributed by atoms with van der Waals surface area (Å²) in [5, 5.41) is 11.0. The van der Waals surface area contributed by atoms with Gasteiger partial charge in [0.05, 0.1) is 6.42 Å². The van der Waals surface area contributed by atoms with E-state index in [4.69, 9.17) is 5.11 Å². The van der Waals surface area contributed by atoms with Gasteiger partial charge in [-0.3, -0.25) is 9.59 Å². The van der Waals surface area contributed by atoms with Gasteiger partial charge in [0, 0.05) is 12.6 Å². The van der Waals surface area contributed by atoms with Crippen molar-refractivity contribution in [3.05, 3.63) is 11.9 Å². The summed E-state index contributed by atoms with van der Waals surface area (Å²) < 4.78 is 0. The van der Waals surface area contributed by atoms with Crippen LogP contribution in [0.3, 0.4) is 0 Å². The number of carbonyl (C=O) groups is 2. The number of rotatable bonds is 6. The number of nitrogens with one attached hydrogen (secondary N) is 1. The quantitative estimate of drug-likeness (QED) is 0.651. The number of aliphatic carboxylic acids is 1. The number of carbonyl (C=O) groups excluding carboxylic acids is 1. The molecule has 0 aromatic carbocycles. The van der Waals surface area contributed by atoms with Crippen molar-refractivity contribution in [3.8, 4) is 0 Å². The van der Waals surface area contributed by atoms with Gasteiger partial charge < -0.3 is 10.4 Å². The lowest BCUT2D eigenvalue weighted by atomic mass is 10.4. The summed E-state index contributed by atoms with van der Waals surface area (Å²) >= 11 is 0. The van der Waals surface area contributed by atoms with E-state index in [1.165, 1.54) is 6.08 Å². The fourth-order valence-corrected chi connectivity index (χ4v) is 0.741. The Bertz CT molecular complexity index is 282. The van der Waals surface area contributed by atoms with Crippen LogP contribution in [-0.4, -0.2) is 23.2 Å². The molecule has 5 heteroatoms. The highest BCUT2D eigenvalue weighted by molar-refractivity contribution is 5.78. The van der Waals surface area contributed by atoms with Crippen LogP contribution in [0.4, 0.5) is 0 Å². The number of carboxylic acid groups (broad SMARTS) is 1. The van der Waals surface area contributed by atoms with Gasteiger partial charge in [-0.15, -0.1) is 0 Å². The van der Waals surface area contributed by atoms with E-state index in [0.29, 0.717) is 12.2 Å². The Morgan fingerprint density at radius 2 is 2.07 bits per heavy atom. The van der Waals surface area contributed by atoms with E-state index in [0.717, 1.165) is 6.42 Å². The van der Waals surface area contributed by atoms with Crippen LogP contribution < -0.4 is 5.32 Å². The highest BCUT2D eigenvalue weighted by Crippen LogP contribution is 1.96. The van der Waals surface area contributed by atoms with Gasteiger partial charge in [0.2, 0.25) is 5.91 Å². The predicted molar refractivity (Wildman–Crippen MR) is 57.6 cm³/mol. The van der Waals surface area contributed by atoms with Gasteiger partial charge >= 0.3 is 5.97 Å². The second-order valence-electron chi connectivity index (χ2n) is 2.81.